The number of allylic oxidation sites excluding steroid dienone is 2. The second-order valence-electron chi connectivity index (χ2n) is 12.5. The van der Waals surface area contributed by atoms with Gasteiger partial charge in [0.15, 0.2) is 6.73 Å². The fourth-order valence-electron chi connectivity index (χ4n) is 6.68. The highest BCUT2D eigenvalue weighted by Crippen LogP contribution is 2.42. The lowest BCUT2D eigenvalue weighted by molar-refractivity contribution is 0.266. The molecule has 3 nitrogen and oxygen atoms in total. The Morgan fingerprint density at radius 2 is 1.40 bits per heavy atom. The molecule has 0 fully saturated rings. The largest absolute Gasteiger partial charge is 0.492 e. The third-order valence-corrected chi connectivity index (χ3v) is 9.20. The average Bonchev–Trinajstić information content (AvgIpc) is 3.02. The van der Waals surface area contributed by atoms with Gasteiger partial charge in [0, 0.05) is 29.1 Å². The molecule has 4 aromatic carbocycles. The summed E-state index contributed by atoms with van der Waals surface area (Å²) in [4.78, 5) is 2.30. The van der Waals surface area contributed by atoms with Crippen LogP contribution >= 0.6 is 0 Å². The number of ether oxygens (including phenoxy) is 2. The van der Waals surface area contributed by atoms with E-state index in [-0.39, 0.29) is 5.41 Å². The van der Waals surface area contributed by atoms with Crippen LogP contribution in [0.4, 0.5) is 5.69 Å². The number of para-hydroxylation sites is 1. The van der Waals surface area contributed by atoms with E-state index in [1.165, 1.54) is 44.6 Å². The Balaban J connectivity index is 1.36. The van der Waals surface area contributed by atoms with Gasteiger partial charge in [-0.2, -0.15) is 0 Å². The van der Waals surface area contributed by atoms with E-state index >= 15 is 0 Å². The highest BCUT2D eigenvalue weighted by Gasteiger charge is 2.30. The van der Waals surface area contributed by atoms with E-state index in [9.17, 15) is 0 Å². The third kappa shape index (κ3) is 5.99. The van der Waals surface area contributed by atoms with Crippen molar-refractivity contribution in [1.29, 1.82) is 0 Å². The molecule has 2 heterocycles. The summed E-state index contributed by atoms with van der Waals surface area (Å²) in [5.41, 5.74) is 9.90. The Labute approximate surface area is 257 Å². The molecular weight excluding hydrogens is 526 g/mol. The first kappa shape index (κ1) is 28.9. The summed E-state index contributed by atoms with van der Waals surface area (Å²) in [7, 11) is 0. The number of aryl methyl sites for hydroxylation is 1. The quantitative estimate of drug-likeness (QED) is 0.197. The summed E-state index contributed by atoms with van der Waals surface area (Å²) < 4.78 is 13.0. The molecule has 0 aromatic heterocycles. The van der Waals surface area contributed by atoms with E-state index in [2.05, 4.69) is 117 Å². The van der Waals surface area contributed by atoms with Crippen LogP contribution in [0.15, 0.2) is 110 Å². The number of hydrogen-bond acceptors (Lipinski definition) is 3. The zero-order valence-corrected chi connectivity index (χ0v) is 25.6. The Hall–Kier alpha value is -4.24. The van der Waals surface area contributed by atoms with Gasteiger partial charge in [-0.15, -0.1) is 13.2 Å². The molecule has 0 bridgehead atoms. The summed E-state index contributed by atoms with van der Waals surface area (Å²) in [6, 6.07) is 30.8. The van der Waals surface area contributed by atoms with E-state index in [1.54, 1.807) is 0 Å². The molecule has 0 saturated heterocycles. The first-order chi connectivity index (χ1) is 21.0. The van der Waals surface area contributed by atoms with Crippen molar-refractivity contribution >= 4 is 5.69 Å². The van der Waals surface area contributed by atoms with Gasteiger partial charge in [-0.1, -0.05) is 92.7 Å². The highest BCUT2D eigenvalue weighted by molar-refractivity contribution is 5.57. The molecule has 43 heavy (non-hydrogen) atoms. The SMILES string of the molecule is C=CCc1cc(C(C)(C)c2cc(CC=C)c3c(c2)CN(c2ccccc2)CO3)cc2c1OCC(c1ccccc1)CCC2. The van der Waals surface area contributed by atoms with Gasteiger partial charge in [0.05, 0.1) is 6.61 Å². The van der Waals surface area contributed by atoms with Gasteiger partial charge in [0.25, 0.3) is 0 Å². The summed E-state index contributed by atoms with van der Waals surface area (Å²) in [5.74, 6) is 2.49. The van der Waals surface area contributed by atoms with E-state index < -0.39 is 0 Å². The molecule has 2 aliphatic heterocycles. The molecule has 3 heteroatoms. The predicted octanol–water partition coefficient (Wildman–Crippen LogP) is 9.32. The maximum Gasteiger partial charge on any atom is 0.161 e. The van der Waals surface area contributed by atoms with Crippen molar-refractivity contribution in [2.75, 3.05) is 18.2 Å². The Morgan fingerprint density at radius 1 is 0.791 bits per heavy atom. The van der Waals surface area contributed by atoms with Gasteiger partial charge in [-0.25, -0.2) is 0 Å². The zero-order valence-electron chi connectivity index (χ0n) is 25.6. The fraction of sp³-hybridized carbons (Fsp3) is 0.300. The lowest BCUT2D eigenvalue weighted by Gasteiger charge is -2.35. The van der Waals surface area contributed by atoms with Crippen molar-refractivity contribution < 1.29 is 9.47 Å². The molecule has 2 aliphatic rings. The minimum atomic E-state index is -0.222. The second-order valence-corrected chi connectivity index (χ2v) is 12.5. The van der Waals surface area contributed by atoms with Crippen LogP contribution in [0.2, 0.25) is 0 Å². The van der Waals surface area contributed by atoms with Gasteiger partial charge < -0.3 is 14.4 Å². The normalized spacial score (nSPS) is 16.5. The molecule has 0 aliphatic carbocycles. The summed E-state index contributed by atoms with van der Waals surface area (Å²) in [5, 5.41) is 0. The van der Waals surface area contributed by atoms with Crippen molar-refractivity contribution in [3.05, 3.63) is 149 Å². The zero-order chi connectivity index (χ0) is 29.8. The van der Waals surface area contributed by atoms with Crippen molar-refractivity contribution in [2.45, 2.75) is 63.8 Å². The lowest BCUT2D eigenvalue weighted by Crippen LogP contribution is -2.33. The summed E-state index contributed by atoms with van der Waals surface area (Å²) >= 11 is 0. The van der Waals surface area contributed by atoms with Crippen LogP contribution in [0.25, 0.3) is 0 Å². The number of anilines is 1. The van der Waals surface area contributed by atoms with Crippen molar-refractivity contribution in [3.63, 3.8) is 0 Å². The molecule has 0 saturated carbocycles. The van der Waals surface area contributed by atoms with Gasteiger partial charge in [-0.05, 0) is 83.7 Å². The maximum absolute atomic E-state index is 6.65. The van der Waals surface area contributed by atoms with Crippen LogP contribution in [0.3, 0.4) is 0 Å². The van der Waals surface area contributed by atoms with Crippen LogP contribution in [-0.4, -0.2) is 13.3 Å². The lowest BCUT2D eigenvalue weighted by atomic mass is 9.75. The van der Waals surface area contributed by atoms with Crippen LogP contribution in [-0.2, 0) is 31.2 Å². The van der Waals surface area contributed by atoms with Crippen LogP contribution < -0.4 is 14.4 Å². The summed E-state index contributed by atoms with van der Waals surface area (Å²) in [6.45, 7) is 14.9. The monoisotopic (exact) mass is 569 g/mol. The van der Waals surface area contributed by atoms with Gasteiger partial charge in [0.1, 0.15) is 11.5 Å². The number of fused-ring (bicyclic) bond motifs is 2. The van der Waals surface area contributed by atoms with Gasteiger partial charge >= 0.3 is 0 Å². The first-order valence-electron chi connectivity index (χ1n) is 15.6. The third-order valence-electron chi connectivity index (χ3n) is 9.20. The van der Waals surface area contributed by atoms with Crippen LogP contribution in [0.1, 0.15) is 71.6 Å². The molecule has 1 unspecified atom stereocenters. The molecule has 1 atom stereocenters. The van der Waals surface area contributed by atoms with Gasteiger partial charge in [0.2, 0.25) is 0 Å². The number of benzene rings is 4. The molecule has 0 N–H and O–H groups in total. The Morgan fingerprint density at radius 3 is 2.05 bits per heavy atom. The van der Waals surface area contributed by atoms with E-state index in [0.29, 0.717) is 19.3 Å². The topological polar surface area (TPSA) is 21.7 Å². The van der Waals surface area contributed by atoms with Crippen LogP contribution in [0.5, 0.6) is 11.5 Å². The second kappa shape index (κ2) is 12.6. The highest BCUT2D eigenvalue weighted by atomic mass is 16.5. The van der Waals surface area contributed by atoms with E-state index in [0.717, 1.165) is 50.1 Å². The molecule has 0 spiro atoms. The minimum absolute atomic E-state index is 0.222. The van der Waals surface area contributed by atoms with Crippen molar-refractivity contribution in [2.24, 2.45) is 0 Å². The maximum atomic E-state index is 6.65. The number of hydrogen-bond donors (Lipinski definition) is 0. The summed E-state index contributed by atoms with van der Waals surface area (Å²) in [6.07, 6.45) is 8.82. The van der Waals surface area contributed by atoms with Crippen molar-refractivity contribution in [3.8, 4) is 11.5 Å². The van der Waals surface area contributed by atoms with Crippen molar-refractivity contribution in [1.82, 2.24) is 0 Å². The smallest absolute Gasteiger partial charge is 0.161 e. The molecule has 0 radical (unpaired) electrons. The molecule has 6 rings (SSSR count). The Kier molecular flexibility index (Phi) is 8.42. The predicted molar refractivity (Wildman–Crippen MR) is 179 cm³/mol. The molecule has 0 amide bonds. The standard InChI is InChI=1S/C40H43NO2/c1-5-14-30-22-35(24-32-18-13-19-33(27-42-38(30)32)29-16-9-7-10-17-29)40(3,4)36-23-31(15-6-2)39-34(25-36)26-41(28-43-39)37-20-11-8-12-21-37/h5-12,16-17,20-25,33H,1-2,13-15,18-19,26-28H2,3-4H3. The molecular formula is C40H43NO2. The number of rotatable bonds is 8. The number of nitrogens with zero attached hydrogens (tertiary/aromatic N) is 1. The Bertz CT molecular complexity index is 1590. The van der Waals surface area contributed by atoms with Gasteiger partial charge in [-0.3, -0.25) is 0 Å². The van der Waals surface area contributed by atoms with E-state index in [1.807, 2.05) is 12.2 Å². The molecule has 220 valence electrons. The fourth-order valence-corrected chi connectivity index (χ4v) is 6.68. The molecule has 4 aromatic rings. The average molecular weight is 570 g/mol. The first-order valence-corrected chi connectivity index (χ1v) is 15.6. The van der Waals surface area contributed by atoms with E-state index in [4.69, 9.17) is 9.47 Å². The minimum Gasteiger partial charge on any atom is -0.492 e. The van der Waals surface area contributed by atoms with Crippen LogP contribution in [0, 0.1) is 0 Å².